The minimum Gasteiger partial charge on any atom is -0.497 e. The van der Waals surface area contributed by atoms with Crippen LogP contribution in [0.15, 0.2) is 23.7 Å². The number of alkyl halides is 1. The van der Waals surface area contributed by atoms with Crippen LogP contribution in [0.5, 0.6) is 5.75 Å². The highest BCUT2D eigenvalue weighted by molar-refractivity contribution is 7.13. The Balaban J connectivity index is 1.55. The summed E-state index contributed by atoms with van der Waals surface area (Å²) in [6, 6.07) is 1.47. The minimum absolute atomic E-state index is 0.0132. The molecule has 1 aliphatic heterocycles. The molecular formula is C21H22F3N5O3S. The van der Waals surface area contributed by atoms with Crippen molar-refractivity contribution in [2.24, 2.45) is 12.8 Å². The summed E-state index contributed by atoms with van der Waals surface area (Å²) in [6.07, 6.45) is 0.547. The smallest absolute Gasteiger partial charge is 0.275 e. The van der Waals surface area contributed by atoms with Gasteiger partial charge in [-0.2, -0.15) is 5.10 Å². The van der Waals surface area contributed by atoms with Crippen LogP contribution in [0.3, 0.4) is 0 Å². The Morgan fingerprint density at radius 2 is 2.06 bits per heavy atom. The first-order valence-electron chi connectivity index (χ1n) is 10.1. The number of ether oxygens (including phenoxy) is 2. The molecule has 1 amide bonds. The maximum absolute atomic E-state index is 14.4. The largest absolute Gasteiger partial charge is 0.497 e. The highest BCUT2D eigenvalue weighted by atomic mass is 32.1. The number of hydrogen-bond acceptors (Lipinski definition) is 7. The summed E-state index contributed by atoms with van der Waals surface area (Å²) in [4.78, 5) is 16.9. The van der Waals surface area contributed by atoms with Gasteiger partial charge in [0.25, 0.3) is 5.91 Å². The molecule has 3 heterocycles. The van der Waals surface area contributed by atoms with Gasteiger partial charge in [0.15, 0.2) is 0 Å². The molecule has 1 saturated heterocycles. The summed E-state index contributed by atoms with van der Waals surface area (Å²) in [5, 5.41) is 8.29. The number of nitrogens with zero attached hydrogens (tertiary/aromatic N) is 3. The molecule has 1 aromatic carbocycles. The van der Waals surface area contributed by atoms with Crippen molar-refractivity contribution in [3.63, 3.8) is 0 Å². The molecular weight excluding hydrogens is 459 g/mol. The normalized spacial score (nSPS) is 21.0. The van der Waals surface area contributed by atoms with Crippen molar-refractivity contribution in [2.45, 2.75) is 31.2 Å². The van der Waals surface area contributed by atoms with Crippen LogP contribution < -0.4 is 15.8 Å². The van der Waals surface area contributed by atoms with Crippen LogP contribution in [0.4, 0.5) is 18.9 Å². The van der Waals surface area contributed by atoms with E-state index in [9.17, 15) is 18.0 Å². The molecule has 1 aliphatic rings. The number of rotatable bonds is 5. The Hall–Kier alpha value is -2.96. The number of aryl methyl sites for hydroxylation is 1. The number of aromatic nitrogens is 3. The van der Waals surface area contributed by atoms with Gasteiger partial charge < -0.3 is 20.5 Å². The highest BCUT2D eigenvalue weighted by Gasteiger charge is 2.30. The summed E-state index contributed by atoms with van der Waals surface area (Å²) in [5.74, 6) is -2.25. The van der Waals surface area contributed by atoms with Gasteiger partial charge in [-0.15, -0.1) is 11.3 Å². The molecule has 4 rings (SSSR count). The molecule has 0 unspecified atom stereocenters. The zero-order valence-corrected chi connectivity index (χ0v) is 18.7. The average Bonchev–Trinajstić information content (AvgIpc) is 3.36. The number of carbonyl (C=O) groups is 1. The molecule has 33 heavy (non-hydrogen) atoms. The van der Waals surface area contributed by atoms with Crippen molar-refractivity contribution in [2.75, 3.05) is 19.0 Å². The third-order valence-corrected chi connectivity index (χ3v) is 6.28. The molecule has 3 aromatic rings. The number of nitrogens with two attached hydrogens (primary N) is 1. The second-order valence-electron chi connectivity index (χ2n) is 7.60. The Morgan fingerprint density at radius 3 is 2.76 bits per heavy atom. The first-order valence-corrected chi connectivity index (χ1v) is 11.0. The lowest BCUT2D eigenvalue weighted by atomic mass is 10.0. The first kappa shape index (κ1) is 23.2. The first-order chi connectivity index (χ1) is 15.8. The summed E-state index contributed by atoms with van der Waals surface area (Å²) >= 11 is 0.930. The Morgan fingerprint density at radius 1 is 1.33 bits per heavy atom. The van der Waals surface area contributed by atoms with E-state index in [1.165, 1.54) is 18.7 Å². The molecule has 0 saturated carbocycles. The topological polar surface area (TPSA) is 104 Å². The van der Waals surface area contributed by atoms with Crippen molar-refractivity contribution >= 4 is 22.9 Å². The van der Waals surface area contributed by atoms with Gasteiger partial charge in [0.1, 0.15) is 40.4 Å². The van der Waals surface area contributed by atoms with Gasteiger partial charge in [-0.05, 0) is 12.8 Å². The SMILES string of the molecule is COc1cc(F)c(-c2nc(C(=O)Nc3cnn(C)c3[C@@H]3CC[C@@H](N)[C@@H](F)CO3)cs2)c(F)c1. The van der Waals surface area contributed by atoms with Gasteiger partial charge >= 0.3 is 0 Å². The van der Waals surface area contributed by atoms with Crippen LogP contribution in [-0.4, -0.2) is 46.6 Å². The van der Waals surface area contributed by atoms with Crippen LogP contribution >= 0.6 is 11.3 Å². The maximum Gasteiger partial charge on any atom is 0.275 e. The van der Waals surface area contributed by atoms with Crippen molar-refractivity contribution in [1.82, 2.24) is 14.8 Å². The van der Waals surface area contributed by atoms with Crippen molar-refractivity contribution in [3.8, 4) is 16.3 Å². The molecule has 8 nitrogen and oxygen atoms in total. The molecule has 12 heteroatoms. The minimum atomic E-state index is -1.27. The summed E-state index contributed by atoms with van der Waals surface area (Å²) in [6.45, 7) is -0.154. The van der Waals surface area contributed by atoms with Gasteiger partial charge in [0.05, 0.1) is 36.9 Å². The zero-order valence-electron chi connectivity index (χ0n) is 17.8. The molecule has 2 aromatic heterocycles. The number of halogens is 3. The zero-order chi connectivity index (χ0) is 23.7. The Bertz CT molecular complexity index is 1130. The Labute approximate surface area is 191 Å². The van der Waals surface area contributed by atoms with E-state index < -0.39 is 35.9 Å². The molecule has 3 N–H and O–H groups in total. The number of methoxy groups -OCH3 is 1. The molecule has 176 valence electrons. The van der Waals surface area contributed by atoms with Crippen LogP contribution in [-0.2, 0) is 11.8 Å². The van der Waals surface area contributed by atoms with E-state index in [2.05, 4.69) is 15.4 Å². The van der Waals surface area contributed by atoms with Crippen LogP contribution in [0.1, 0.15) is 35.1 Å². The second-order valence-corrected chi connectivity index (χ2v) is 8.46. The lowest BCUT2D eigenvalue weighted by Gasteiger charge is -2.17. The lowest BCUT2D eigenvalue weighted by Crippen LogP contribution is -2.32. The van der Waals surface area contributed by atoms with E-state index in [-0.39, 0.29) is 28.6 Å². The molecule has 0 aliphatic carbocycles. The van der Waals surface area contributed by atoms with Crippen LogP contribution in [0.25, 0.3) is 10.6 Å². The summed E-state index contributed by atoms with van der Waals surface area (Å²) < 4.78 is 54.7. The molecule has 1 fully saturated rings. The number of nitrogens with one attached hydrogen (secondary N) is 1. The highest BCUT2D eigenvalue weighted by Crippen LogP contribution is 2.34. The number of amides is 1. The predicted molar refractivity (Wildman–Crippen MR) is 116 cm³/mol. The average molecular weight is 482 g/mol. The summed E-state index contributed by atoms with van der Waals surface area (Å²) in [5.41, 5.74) is 6.37. The number of anilines is 1. The van der Waals surface area contributed by atoms with Gasteiger partial charge in [0, 0.05) is 30.6 Å². The van der Waals surface area contributed by atoms with E-state index >= 15 is 0 Å². The number of hydrogen-bond donors (Lipinski definition) is 2. The maximum atomic E-state index is 14.4. The van der Waals surface area contributed by atoms with E-state index in [4.69, 9.17) is 15.2 Å². The van der Waals surface area contributed by atoms with Crippen LogP contribution in [0.2, 0.25) is 0 Å². The Kier molecular flexibility index (Phi) is 6.68. The molecule has 3 atom stereocenters. The molecule has 0 radical (unpaired) electrons. The third kappa shape index (κ3) is 4.72. The van der Waals surface area contributed by atoms with Gasteiger partial charge in [0.2, 0.25) is 0 Å². The lowest BCUT2D eigenvalue weighted by molar-refractivity contribution is 0.0247. The fourth-order valence-corrected chi connectivity index (χ4v) is 4.48. The third-order valence-electron chi connectivity index (χ3n) is 5.42. The second kappa shape index (κ2) is 9.49. The number of carbonyl (C=O) groups excluding carboxylic acids is 1. The van der Waals surface area contributed by atoms with E-state index in [1.54, 1.807) is 11.7 Å². The number of benzene rings is 1. The van der Waals surface area contributed by atoms with Crippen molar-refractivity contribution in [1.29, 1.82) is 0 Å². The van der Waals surface area contributed by atoms with Gasteiger partial charge in [-0.1, -0.05) is 0 Å². The van der Waals surface area contributed by atoms with Crippen molar-refractivity contribution in [3.05, 3.63) is 46.7 Å². The molecule has 0 bridgehead atoms. The van der Waals surface area contributed by atoms with E-state index in [1.807, 2.05) is 0 Å². The quantitative estimate of drug-likeness (QED) is 0.577. The predicted octanol–water partition coefficient (Wildman–Crippen LogP) is 3.60. The van der Waals surface area contributed by atoms with E-state index in [0.717, 1.165) is 23.5 Å². The van der Waals surface area contributed by atoms with Crippen molar-refractivity contribution < 1.29 is 27.4 Å². The number of thiazole rings is 1. The standard InChI is InChI=1S/C21H22F3N5O3S/c1-29-19(17-4-3-14(25)13(24)8-32-17)15(7-26-29)27-20(30)16-9-33-21(28-16)18-11(22)5-10(31-2)6-12(18)23/h5-7,9,13-14,17H,3-4,8,25H2,1-2H3,(H,27,30)/t13-,14+,17-/m0/s1. The fourth-order valence-electron chi connectivity index (χ4n) is 3.63. The monoisotopic (exact) mass is 481 g/mol. The van der Waals surface area contributed by atoms with Gasteiger partial charge in [-0.3, -0.25) is 9.48 Å². The van der Waals surface area contributed by atoms with E-state index in [0.29, 0.717) is 24.2 Å². The molecule has 0 spiro atoms. The van der Waals surface area contributed by atoms with Gasteiger partial charge in [-0.25, -0.2) is 18.2 Å². The summed E-state index contributed by atoms with van der Waals surface area (Å²) in [7, 11) is 2.99. The fraction of sp³-hybridized carbons (Fsp3) is 0.381. The van der Waals surface area contributed by atoms with Crippen LogP contribution in [0, 0.1) is 11.6 Å².